The Morgan fingerprint density at radius 1 is 0.935 bits per heavy atom. The van der Waals surface area contributed by atoms with E-state index in [-0.39, 0.29) is 5.91 Å². The summed E-state index contributed by atoms with van der Waals surface area (Å²) < 4.78 is 5.97. The van der Waals surface area contributed by atoms with E-state index in [2.05, 4.69) is 10.3 Å². The summed E-state index contributed by atoms with van der Waals surface area (Å²) in [6, 6.07) is 20.2. The van der Waals surface area contributed by atoms with Crippen molar-refractivity contribution < 1.29 is 9.53 Å². The predicted octanol–water partition coefficient (Wildman–Crippen LogP) is 7.12. The van der Waals surface area contributed by atoms with E-state index in [9.17, 15) is 4.79 Å². The number of aliphatic imine (C=N–C) groups is 1. The highest BCUT2D eigenvalue weighted by molar-refractivity contribution is 8.18. The predicted molar refractivity (Wildman–Crippen MR) is 129 cm³/mol. The third-order valence-electron chi connectivity index (χ3n) is 4.35. The molecule has 4 rings (SSSR count). The molecule has 1 heterocycles. The lowest BCUT2D eigenvalue weighted by Crippen LogP contribution is -2.19. The Morgan fingerprint density at radius 2 is 1.68 bits per heavy atom. The summed E-state index contributed by atoms with van der Waals surface area (Å²) in [6.07, 6.45) is 1.77. The molecular weight excluding hydrogens is 475 g/mol. The van der Waals surface area contributed by atoms with Crippen LogP contribution in [0, 0.1) is 0 Å². The normalized spacial score (nSPS) is 16.0. The third kappa shape index (κ3) is 5.25. The number of thioether (sulfide) groups is 1. The first kappa shape index (κ1) is 21.8. The number of nitrogens with zero attached hydrogens (tertiary/aromatic N) is 1. The van der Waals surface area contributed by atoms with E-state index in [1.165, 1.54) is 11.8 Å². The molecule has 0 atom stereocenters. The molecule has 0 radical (unpaired) electrons. The summed E-state index contributed by atoms with van der Waals surface area (Å²) in [7, 11) is 0. The Kier molecular flexibility index (Phi) is 6.88. The fraction of sp³-hybridized carbons (Fsp3) is 0.0435. The number of halogens is 3. The molecule has 4 nitrogen and oxygen atoms in total. The first-order valence-corrected chi connectivity index (χ1v) is 11.1. The van der Waals surface area contributed by atoms with Crippen molar-refractivity contribution in [2.24, 2.45) is 4.99 Å². The van der Waals surface area contributed by atoms with Gasteiger partial charge in [-0.05, 0) is 42.1 Å². The van der Waals surface area contributed by atoms with Gasteiger partial charge in [-0.3, -0.25) is 4.79 Å². The van der Waals surface area contributed by atoms with Gasteiger partial charge in [-0.15, -0.1) is 0 Å². The molecule has 1 aliphatic rings. The number of rotatable bonds is 5. The van der Waals surface area contributed by atoms with Crippen LogP contribution < -0.4 is 10.1 Å². The average molecular weight is 490 g/mol. The fourth-order valence-corrected chi connectivity index (χ4v) is 4.17. The number of carbonyl (C=O) groups is 1. The molecule has 156 valence electrons. The molecule has 0 unspecified atom stereocenters. The Bertz CT molecular complexity index is 1210. The zero-order chi connectivity index (χ0) is 21.8. The van der Waals surface area contributed by atoms with Crippen molar-refractivity contribution in [1.29, 1.82) is 0 Å². The van der Waals surface area contributed by atoms with Crippen molar-refractivity contribution in [2.75, 3.05) is 0 Å². The molecule has 0 aromatic heterocycles. The van der Waals surface area contributed by atoms with Gasteiger partial charge in [-0.1, -0.05) is 77.3 Å². The molecule has 0 spiro atoms. The van der Waals surface area contributed by atoms with Crippen LogP contribution >= 0.6 is 46.6 Å². The highest BCUT2D eigenvalue weighted by Gasteiger charge is 2.24. The Labute approximate surface area is 198 Å². The zero-order valence-corrected chi connectivity index (χ0v) is 19.0. The minimum Gasteiger partial charge on any atom is -0.488 e. The number of hydrogen-bond acceptors (Lipinski definition) is 4. The number of hydrogen-bond donors (Lipinski definition) is 1. The second-order valence-corrected chi connectivity index (χ2v) is 8.70. The molecule has 3 aromatic carbocycles. The minimum absolute atomic E-state index is 0.247. The zero-order valence-electron chi connectivity index (χ0n) is 15.9. The van der Waals surface area contributed by atoms with Gasteiger partial charge in [0.05, 0.1) is 20.6 Å². The lowest BCUT2D eigenvalue weighted by molar-refractivity contribution is -0.115. The maximum atomic E-state index is 12.5. The van der Waals surface area contributed by atoms with Gasteiger partial charge >= 0.3 is 0 Å². The number of benzene rings is 3. The van der Waals surface area contributed by atoms with Gasteiger partial charge in [0.25, 0.3) is 5.91 Å². The number of para-hydroxylation sites is 1. The smallest absolute Gasteiger partial charge is 0.264 e. The first-order chi connectivity index (χ1) is 15.0. The van der Waals surface area contributed by atoms with Gasteiger partial charge in [0.2, 0.25) is 0 Å². The van der Waals surface area contributed by atoms with Crippen molar-refractivity contribution >= 4 is 69.4 Å². The van der Waals surface area contributed by atoms with Crippen LogP contribution in [0.3, 0.4) is 0 Å². The van der Waals surface area contributed by atoms with Crippen LogP contribution in [-0.2, 0) is 11.4 Å². The van der Waals surface area contributed by atoms with E-state index in [1.54, 1.807) is 24.3 Å². The van der Waals surface area contributed by atoms with Crippen LogP contribution in [0.4, 0.5) is 5.69 Å². The van der Waals surface area contributed by atoms with E-state index in [0.717, 1.165) is 11.1 Å². The monoisotopic (exact) mass is 488 g/mol. The summed E-state index contributed by atoms with van der Waals surface area (Å²) in [6.45, 7) is 0.319. The van der Waals surface area contributed by atoms with Gasteiger partial charge in [0.15, 0.2) is 5.17 Å². The van der Waals surface area contributed by atoms with E-state index in [0.29, 0.717) is 43.2 Å². The minimum atomic E-state index is -0.247. The topological polar surface area (TPSA) is 50.7 Å². The van der Waals surface area contributed by atoms with Crippen molar-refractivity contribution in [3.05, 3.63) is 97.8 Å². The molecule has 1 amide bonds. The van der Waals surface area contributed by atoms with Gasteiger partial charge in [0, 0.05) is 16.1 Å². The molecule has 31 heavy (non-hydrogen) atoms. The Hall–Kier alpha value is -2.44. The van der Waals surface area contributed by atoms with Crippen molar-refractivity contribution in [2.45, 2.75) is 6.61 Å². The van der Waals surface area contributed by atoms with Crippen molar-refractivity contribution in [3.8, 4) is 5.75 Å². The Morgan fingerprint density at radius 3 is 2.52 bits per heavy atom. The SMILES string of the molecule is O=C1NC(=Nc2cccc(Cl)c2Cl)S/C1=C/c1ccccc1OCc1ccccc1Cl. The average Bonchev–Trinajstić information content (AvgIpc) is 3.10. The molecule has 0 saturated carbocycles. The van der Waals surface area contributed by atoms with Crippen LogP contribution in [0.15, 0.2) is 76.6 Å². The van der Waals surface area contributed by atoms with Crippen LogP contribution in [-0.4, -0.2) is 11.1 Å². The van der Waals surface area contributed by atoms with Crippen molar-refractivity contribution in [1.82, 2.24) is 5.32 Å². The summed E-state index contributed by atoms with van der Waals surface area (Å²) >= 11 is 19.7. The molecule has 0 aliphatic carbocycles. The van der Waals surface area contributed by atoms with Crippen LogP contribution in [0.1, 0.15) is 11.1 Å². The maximum Gasteiger partial charge on any atom is 0.264 e. The molecule has 1 N–H and O–H groups in total. The van der Waals surface area contributed by atoms with Gasteiger partial charge in [-0.25, -0.2) is 4.99 Å². The van der Waals surface area contributed by atoms with Crippen molar-refractivity contribution in [3.63, 3.8) is 0 Å². The van der Waals surface area contributed by atoms with Gasteiger partial charge in [-0.2, -0.15) is 0 Å². The van der Waals surface area contributed by atoms with Gasteiger partial charge in [0.1, 0.15) is 12.4 Å². The highest BCUT2D eigenvalue weighted by Crippen LogP contribution is 2.35. The van der Waals surface area contributed by atoms with E-state index < -0.39 is 0 Å². The van der Waals surface area contributed by atoms with Gasteiger partial charge < -0.3 is 10.1 Å². The second kappa shape index (κ2) is 9.79. The number of ether oxygens (including phenoxy) is 1. The molecular formula is C23H15Cl3N2O2S. The Balaban J connectivity index is 1.55. The summed E-state index contributed by atoms with van der Waals surface area (Å²) in [5.41, 5.74) is 2.14. The third-order valence-corrected chi connectivity index (χ3v) is 6.44. The van der Waals surface area contributed by atoms with E-state index in [4.69, 9.17) is 39.5 Å². The van der Waals surface area contributed by atoms with E-state index >= 15 is 0 Å². The number of carbonyl (C=O) groups excluding carboxylic acids is 1. The van der Waals surface area contributed by atoms with Crippen LogP contribution in [0.5, 0.6) is 5.75 Å². The summed E-state index contributed by atoms with van der Waals surface area (Å²) in [4.78, 5) is 17.4. The lowest BCUT2D eigenvalue weighted by atomic mass is 10.2. The first-order valence-electron chi connectivity index (χ1n) is 9.20. The largest absolute Gasteiger partial charge is 0.488 e. The van der Waals surface area contributed by atoms with Crippen LogP contribution in [0.2, 0.25) is 15.1 Å². The molecule has 8 heteroatoms. The molecule has 1 aliphatic heterocycles. The number of nitrogens with one attached hydrogen (secondary N) is 1. The lowest BCUT2D eigenvalue weighted by Gasteiger charge is -2.10. The number of amides is 1. The molecule has 1 fully saturated rings. The molecule has 1 saturated heterocycles. The van der Waals surface area contributed by atoms with Crippen LogP contribution in [0.25, 0.3) is 6.08 Å². The molecule has 0 bridgehead atoms. The highest BCUT2D eigenvalue weighted by atomic mass is 35.5. The standard InChI is InChI=1S/C23H15Cl3N2O2S/c24-16-8-3-1-7-15(16)13-30-19-11-4-2-6-14(19)12-20-22(29)28-23(31-20)27-18-10-5-9-17(25)21(18)26/h1-12H,13H2,(H,27,28,29)/b20-12+. The summed E-state index contributed by atoms with van der Waals surface area (Å²) in [5, 5.41) is 4.56. The molecule has 3 aromatic rings. The van der Waals surface area contributed by atoms with E-state index in [1.807, 2.05) is 48.5 Å². The fourth-order valence-electron chi connectivity index (χ4n) is 2.81. The second-order valence-electron chi connectivity index (χ2n) is 6.47. The quantitative estimate of drug-likeness (QED) is 0.388. The maximum absolute atomic E-state index is 12.5. The summed E-state index contributed by atoms with van der Waals surface area (Å²) in [5.74, 6) is 0.398. The number of amidine groups is 1.